The second-order valence-electron chi connectivity index (χ2n) is 6.86. The van der Waals surface area contributed by atoms with Crippen LogP contribution in [0.25, 0.3) is 10.2 Å². The lowest BCUT2D eigenvalue weighted by molar-refractivity contribution is 0.0980. The quantitative estimate of drug-likeness (QED) is 0.494. The maximum Gasteiger partial charge on any atom is 0.263 e. The molecule has 0 unspecified atom stereocenters. The van der Waals surface area contributed by atoms with E-state index in [0.29, 0.717) is 18.2 Å². The molecule has 1 heterocycles. The fourth-order valence-corrected chi connectivity index (χ4v) is 4.20. The maximum atomic E-state index is 14.3. The summed E-state index contributed by atoms with van der Waals surface area (Å²) in [6.45, 7) is 11.3. The SMILES string of the molecule is CCN(CC)CCN(C(=O)c1ccccc1F)c1nc2cc(C)c(C)cc2s1.Cl. The minimum Gasteiger partial charge on any atom is -0.302 e. The molecule has 0 aliphatic carbocycles. The number of anilines is 1. The van der Waals surface area contributed by atoms with Crippen molar-refractivity contribution in [2.75, 3.05) is 31.1 Å². The van der Waals surface area contributed by atoms with E-state index in [1.54, 1.807) is 17.0 Å². The van der Waals surface area contributed by atoms with Crippen LogP contribution in [0.3, 0.4) is 0 Å². The molecule has 0 aliphatic rings. The molecular weight excluding hydrogens is 409 g/mol. The Morgan fingerprint density at radius 1 is 1.07 bits per heavy atom. The Bertz CT molecular complexity index is 948. The van der Waals surface area contributed by atoms with E-state index in [4.69, 9.17) is 4.98 Å². The van der Waals surface area contributed by atoms with Crippen molar-refractivity contribution in [3.05, 3.63) is 58.9 Å². The molecule has 0 saturated carbocycles. The number of carbonyl (C=O) groups is 1. The van der Waals surface area contributed by atoms with Crippen molar-refractivity contribution < 1.29 is 9.18 Å². The van der Waals surface area contributed by atoms with Crippen LogP contribution in [0.15, 0.2) is 36.4 Å². The minimum absolute atomic E-state index is 0. The molecule has 3 aromatic rings. The Hall–Kier alpha value is -2.02. The third kappa shape index (κ3) is 5.13. The van der Waals surface area contributed by atoms with E-state index in [1.165, 1.54) is 34.6 Å². The predicted molar refractivity (Wildman–Crippen MR) is 122 cm³/mol. The highest BCUT2D eigenvalue weighted by molar-refractivity contribution is 7.22. The van der Waals surface area contributed by atoms with Gasteiger partial charge >= 0.3 is 0 Å². The Morgan fingerprint density at radius 3 is 2.38 bits per heavy atom. The lowest BCUT2D eigenvalue weighted by atomic mass is 10.1. The first-order valence-electron chi connectivity index (χ1n) is 9.61. The molecule has 0 saturated heterocycles. The molecule has 29 heavy (non-hydrogen) atoms. The van der Waals surface area contributed by atoms with Gasteiger partial charge in [-0.2, -0.15) is 0 Å². The Morgan fingerprint density at radius 2 is 1.72 bits per heavy atom. The number of likely N-dealkylation sites (N-methyl/N-ethyl adjacent to an activating group) is 1. The third-order valence-electron chi connectivity index (χ3n) is 5.11. The highest BCUT2D eigenvalue weighted by Crippen LogP contribution is 2.31. The number of aryl methyl sites for hydroxylation is 2. The van der Waals surface area contributed by atoms with Crippen LogP contribution < -0.4 is 4.90 Å². The summed E-state index contributed by atoms with van der Waals surface area (Å²) in [5.41, 5.74) is 3.31. The predicted octanol–water partition coefficient (Wildman–Crippen LogP) is 5.46. The maximum absolute atomic E-state index is 14.3. The van der Waals surface area contributed by atoms with Crippen LogP contribution in [-0.2, 0) is 0 Å². The number of carbonyl (C=O) groups excluding carboxylic acids is 1. The minimum atomic E-state index is -0.506. The normalized spacial score (nSPS) is 11.0. The fraction of sp³-hybridized carbons (Fsp3) is 0.364. The van der Waals surface area contributed by atoms with Crippen molar-refractivity contribution >= 4 is 45.0 Å². The number of benzene rings is 2. The van der Waals surface area contributed by atoms with Crippen LogP contribution in [0.2, 0.25) is 0 Å². The number of aromatic nitrogens is 1. The molecule has 0 fully saturated rings. The van der Waals surface area contributed by atoms with E-state index >= 15 is 0 Å². The number of hydrogen-bond acceptors (Lipinski definition) is 4. The molecule has 3 rings (SSSR count). The van der Waals surface area contributed by atoms with Gasteiger partial charge in [-0.3, -0.25) is 9.69 Å². The number of hydrogen-bond donors (Lipinski definition) is 0. The molecule has 2 aromatic carbocycles. The van der Waals surface area contributed by atoms with Crippen molar-refractivity contribution in [3.63, 3.8) is 0 Å². The average molecular weight is 436 g/mol. The van der Waals surface area contributed by atoms with Crippen molar-refractivity contribution in [2.24, 2.45) is 0 Å². The fourth-order valence-electron chi connectivity index (χ4n) is 3.13. The largest absolute Gasteiger partial charge is 0.302 e. The van der Waals surface area contributed by atoms with Crippen molar-refractivity contribution in [3.8, 4) is 0 Å². The van der Waals surface area contributed by atoms with Crippen LogP contribution in [0.5, 0.6) is 0 Å². The zero-order valence-electron chi connectivity index (χ0n) is 17.2. The number of thiazole rings is 1. The number of nitrogens with zero attached hydrogens (tertiary/aromatic N) is 3. The van der Waals surface area contributed by atoms with Gasteiger partial charge < -0.3 is 4.90 Å². The zero-order valence-corrected chi connectivity index (χ0v) is 18.9. The van der Waals surface area contributed by atoms with E-state index in [1.807, 2.05) is 6.07 Å². The van der Waals surface area contributed by atoms with Crippen molar-refractivity contribution in [2.45, 2.75) is 27.7 Å². The van der Waals surface area contributed by atoms with Gasteiger partial charge in [-0.1, -0.05) is 37.3 Å². The molecule has 156 valence electrons. The van der Waals surface area contributed by atoms with E-state index < -0.39 is 5.82 Å². The van der Waals surface area contributed by atoms with Gasteiger partial charge in [0.15, 0.2) is 5.13 Å². The van der Waals surface area contributed by atoms with E-state index in [-0.39, 0.29) is 23.9 Å². The van der Waals surface area contributed by atoms with E-state index in [2.05, 4.69) is 38.7 Å². The molecule has 0 N–H and O–H groups in total. The topological polar surface area (TPSA) is 36.4 Å². The van der Waals surface area contributed by atoms with Crippen LogP contribution >= 0.6 is 23.7 Å². The molecule has 1 aromatic heterocycles. The van der Waals surface area contributed by atoms with Gasteiger partial charge in [0.25, 0.3) is 5.91 Å². The lowest BCUT2D eigenvalue weighted by Crippen LogP contribution is -2.39. The Labute approximate surface area is 181 Å². The summed E-state index contributed by atoms with van der Waals surface area (Å²) in [5, 5.41) is 0.611. The lowest BCUT2D eigenvalue weighted by Gasteiger charge is -2.24. The molecule has 4 nitrogen and oxygen atoms in total. The highest BCUT2D eigenvalue weighted by atomic mass is 35.5. The average Bonchev–Trinajstić information content (AvgIpc) is 3.08. The van der Waals surface area contributed by atoms with Gasteiger partial charge in [0.05, 0.1) is 15.8 Å². The van der Waals surface area contributed by atoms with Crippen LogP contribution in [-0.4, -0.2) is 42.0 Å². The van der Waals surface area contributed by atoms with E-state index in [0.717, 1.165) is 23.3 Å². The molecule has 0 spiro atoms. The standard InChI is InChI=1S/C22H26FN3OS.ClH/c1-5-25(6-2)11-12-26(21(27)17-9-7-8-10-18(17)23)22-24-19-13-15(3)16(4)14-20(19)28-22;/h7-10,13-14H,5-6,11-12H2,1-4H3;1H. The number of amides is 1. The summed E-state index contributed by atoms with van der Waals surface area (Å²) in [7, 11) is 0. The highest BCUT2D eigenvalue weighted by Gasteiger charge is 2.24. The first-order valence-corrected chi connectivity index (χ1v) is 10.4. The third-order valence-corrected chi connectivity index (χ3v) is 6.15. The van der Waals surface area contributed by atoms with Crippen molar-refractivity contribution in [1.82, 2.24) is 9.88 Å². The molecule has 0 bridgehead atoms. The summed E-state index contributed by atoms with van der Waals surface area (Å²) >= 11 is 1.48. The molecular formula is C22H27ClFN3OS. The Kier molecular flexibility index (Phi) is 8.14. The molecule has 0 aliphatic heterocycles. The summed E-state index contributed by atoms with van der Waals surface area (Å²) < 4.78 is 15.3. The van der Waals surface area contributed by atoms with Crippen LogP contribution in [0.1, 0.15) is 35.3 Å². The molecule has 0 radical (unpaired) electrons. The summed E-state index contributed by atoms with van der Waals surface area (Å²) in [4.78, 5) is 21.8. The van der Waals surface area contributed by atoms with E-state index in [9.17, 15) is 9.18 Å². The number of fused-ring (bicyclic) bond motifs is 1. The number of rotatable bonds is 7. The molecule has 1 amide bonds. The van der Waals surface area contributed by atoms with Gasteiger partial charge in [0, 0.05) is 13.1 Å². The smallest absolute Gasteiger partial charge is 0.263 e. The first-order chi connectivity index (χ1) is 13.4. The molecule has 0 atom stereocenters. The second-order valence-corrected chi connectivity index (χ2v) is 7.87. The zero-order chi connectivity index (χ0) is 20.3. The van der Waals surface area contributed by atoms with Crippen LogP contribution in [0, 0.1) is 19.7 Å². The first kappa shape index (κ1) is 23.3. The van der Waals surface area contributed by atoms with Gasteiger partial charge in [-0.15, -0.1) is 12.4 Å². The second kappa shape index (κ2) is 10.1. The van der Waals surface area contributed by atoms with Crippen LogP contribution in [0.4, 0.5) is 9.52 Å². The molecule has 7 heteroatoms. The van der Waals surface area contributed by atoms with Gasteiger partial charge in [-0.25, -0.2) is 9.37 Å². The summed E-state index contributed by atoms with van der Waals surface area (Å²) in [6.07, 6.45) is 0. The number of halogens is 2. The summed E-state index contributed by atoms with van der Waals surface area (Å²) in [6, 6.07) is 10.3. The van der Waals surface area contributed by atoms with Gasteiger partial charge in [0.2, 0.25) is 0 Å². The summed E-state index contributed by atoms with van der Waals surface area (Å²) in [5.74, 6) is -0.856. The Balaban J connectivity index is 0.00000300. The monoisotopic (exact) mass is 435 g/mol. The van der Waals surface area contributed by atoms with Gasteiger partial charge in [-0.05, 0) is 62.3 Å². The van der Waals surface area contributed by atoms with Gasteiger partial charge in [0.1, 0.15) is 5.82 Å². The van der Waals surface area contributed by atoms with Crippen molar-refractivity contribution in [1.29, 1.82) is 0 Å².